The Kier molecular flexibility index (Phi) is 7.02. The first-order valence-electron chi connectivity index (χ1n) is 9.53. The highest BCUT2D eigenvalue weighted by atomic mass is 19.1. The Balaban J connectivity index is 1.75. The summed E-state index contributed by atoms with van der Waals surface area (Å²) in [7, 11) is 1.49. The Morgan fingerprint density at radius 1 is 1.10 bits per heavy atom. The summed E-state index contributed by atoms with van der Waals surface area (Å²) in [6.45, 7) is 2.09. The van der Waals surface area contributed by atoms with Crippen LogP contribution >= 0.6 is 0 Å². The van der Waals surface area contributed by atoms with Crippen molar-refractivity contribution < 1.29 is 18.7 Å². The monoisotopic (exact) mass is 416 g/mol. The number of carbonyl (C=O) groups excluding carboxylic acids is 1. The molecule has 3 rings (SSSR count). The van der Waals surface area contributed by atoms with E-state index >= 15 is 0 Å². The lowest BCUT2D eigenvalue weighted by Gasteiger charge is -2.12. The molecule has 0 saturated carbocycles. The number of ether oxygens (including phenoxy) is 2. The van der Waals surface area contributed by atoms with Gasteiger partial charge in [0, 0.05) is 5.69 Å². The summed E-state index contributed by atoms with van der Waals surface area (Å²) in [6, 6.07) is 20.5. The Morgan fingerprint density at radius 2 is 1.90 bits per heavy atom. The number of nitriles is 1. The van der Waals surface area contributed by atoms with Crippen LogP contribution in [0.15, 0.2) is 72.3 Å². The van der Waals surface area contributed by atoms with Crippen LogP contribution in [0.4, 0.5) is 10.1 Å². The fraction of sp³-hybridized carbons (Fsp3) is 0.120. The van der Waals surface area contributed by atoms with Gasteiger partial charge in [-0.1, -0.05) is 30.3 Å². The minimum absolute atomic E-state index is 0.0445. The highest BCUT2D eigenvalue weighted by Crippen LogP contribution is 2.30. The molecule has 6 heteroatoms. The first-order valence-corrected chi connectivity index (χ1v) is 9.53. The summed E-state index contributed by atoms with van der Waals surface area (Å²) in [5, 5.41) is 12.2. The second-order valence-electron chi connectivity index (χ2n) is 6.82. The largest absolute Gasteiger partial charge is 0.493 e. The predicted molar refractivity (Wildman–Crippen MR) is 117 cm³/mol. The number of rotatable bonds is 7. The molecule has 0 aliphatic heterocycles. The van der Waals surface area contributed by atoms with Gasteiger partial charge in [-0.2, -0.15) is 5.26 Å². The number of aryl methyl sites for hydroxylation is 1. The summed E-state index contributed by atoms with van der Waals surface area (Å²) in [6.07, 6.45) is 1.48. The maximum absolute atomic E-state index is 13.3. The van der Waals surface area contributed by atoms with Crippen LogP contribution < -0.4 is 14.8 Å². The molecule has 0 atom stereocenters. The van der Waals surface area contributed by atoms with Crippen molar-refractivity contribution in [2.45, 2.75) is 13.5 Å². The summed E-state index contributed by atoms with van der Waals surface area (Å²) >= 11 is 0. The van der Waals surface area contributed by atoms with Gasteiger partial charge in [-0.3, -0.25) is 4.79 Å². The summed E-state index contributed by atoms with van der Waals surface area (Å²) in [5.74, 6) is 0.0631. The minimum Gasteiger partial charge on any atom is -0.493 e. The molecule has 5 nitrogen and oxygen atoms in total. The lowest BCUT2D eigenvalue weighted by Crippen LogP contribution is -2.13. The number of nitrogens with zero attached hydrogens (tertiary/aromatic N) is 1. The van der Waals surface area contributed by atoms with Crippen molar-refractivity contribution in [1.82, 2.24) is 0 Å². The number of nitrogens with one attached hydrogen (secondary N) is 1. The second-order valence-corrected chi connectivity index (χ2v) is 6.82. The van der Waals surface area contributed by atoms with Crippen LogP contribution in [-0.2, 0) is 11.4 Å². The number of halogens is 1. The molecule has 31 heavy (non-hydrogen) atoms. The van der Waals surface area contributed by atoms with Gasteiger partial charge < -0.3 is 14.8 Å². The molecule has 0 unspecified atom stereocenters. The molecule has 3 aromatic carbocycles. The van der Waals surface area contributed by atoms with E-state index in [1.54, 1.807) is 36.4 Å². The van der Waals surface area contributed by atoms with Crippen molar-refractivity contribution in [2.75, 3.05) is 12.4 Å². The van der Waals surface area contributed by atoms with Crippen LogP contribution in [-0.4, -0.2) is 13.0 Å². The number of amides is 1. The predicted octanol–water partition coefficient (Wildman–Crippen LogP) is 5.27. The first-order chi connectivity index (χ1) is 15.0. The van der Waals surface area contributed by atoms with E-state index < -0.39 is 5.91 Å². The van der Waals surface area contributed by atoms with Crippen molar-refractivity contribution in [1.29, 1.82) is 5.26 Å². The molecule has 0 saturated heterocycles. The Morgan fingerprint density at radius 3 is 2.61 bits per heavy atom. The molecule has 0 bridgehead atoms. The molecular formula is C25H21FN2O3. The van der Waals surface area contributed by atoms with Crippen molar-refractivity contribution in [3.8, 4) is 17.6 Å². The summed E-state index contributed by atoms with van der Waals surface area (Å²) < 4.78 is 24.4. The van der Waals surface area contributed by atoms with Crippen molar-refractivity contribution in [3.63, 3.8) is 0 Å². The van der Waals surface area contributed by atoms with E-state index in [0.717, 1.165) is 5.56 Å². The first kappa shape index (κ1) is 21.6. The lowest BCUT2D eigenvalue weighted by atomic mass is 10.1. The van der Waals surface area contributed by atoms with Gasteiger partial charge >= 0.3 is 0 Å². The molecular weight excluding hydrogens is 395 g/mol. The molecule has 3 aromatic rings. The topological polar surface area (TPSA) is 71.3 Å². The van der Waals surface area contributed by atoms with Gasteiger partial charge in [0.2, 0.25) is 0 Å². The van der Waals surface area contributed by atoms with Crippen LogP contribution in [0.5, 0.6) is 11.5 Å². The van der Waals surface area contributed by atoms with Crippen molar-refractivity contribution in [3.05, 3.63) is 94.8 Å². The molecule has 1 amide bonds. The third-order valence-corrected chi connectivity index (χ3v) is 4.42. The minimum atomic E-state index is -0.501. The number of benzene rings is 3. The lowest BCUT2D eigenvalue weighted by molar-refractivity contribution is -0.112. The molecule has 0 aliphatic rings. The van der Waals surface area contributed by atoms with Crippen LogP contribution in [0.1, 0.15) is 16.7 Å². The van der Waals surface area contributed by atoms with Crippen LogP contribution in [0, 0.1) is 24.1 Å². The number of anilines is 1. The normalized spacial score (nSPS) is 10.8. The fourth-order valence-corrected chi connectivity index (χ4v) is 2.92. The van der Waals surface area contributed by atoms with E-state index in [1.165, 1.54) is 25.3 Å². The smallest absolute Gasteiger partial charge is 0.266 e. The van der Waals surface area contributed by atoms with Gasteiger partial charge in [-0.25, -0.2) is 4.39 Å². The molecule has 0 spiro atoms. The SMILES string of the molecule is COc1cc(/C=C(/C#N)C(=O)Nc2cccc(C)c2)ccc1OCc1cccc(F)c1. The third-order valence-electron chi connectivity index (χ3n) is 4.42. The Bertz CT molecular complexity index is 1170. The standard InChI is InChI=1S/C25H21FN2O3/c1-17-5-3-8-22(11-17)28-25(29)20(15-27)12-18-9-10-23(24(14-18)30-2)31-16-19-6-4-7-21(26)13-19/h3-14H,16H2,1-2H3,(H,28,29)/b20-12-. The number of hydrogen-bond acceptors (Lipinski definition) is 4. The zero-order valence-electron chi connectivity index (χ0n) is 17.2. The molecule has 0 aromatic heterocycles. The number of hydrogen-bond donors (Lipinski definition) is 1. The van der Waals surface area contributed by atoms with Gasteiger partial charge in [0.1, 0.15) is 24.1 Å². The molecule has 156 valence electrons. The van der Waals surface area contributed by atoms with Gasteiger partial charge in [0.05, 0.1) is 7.11 Å². The van der Waals surface area contributed by atoms with Crippen LogP contribution in [0.2, 0.25) is 0 Å². The maximum Gasteiger partial charge on any atom is 0.266 e. The van der Waals surface area contributed by atoms with E-state index in [-0.39, 0.29) is 18.0 Å². The van der Waals surface area contributed by atoms with Crippen molar-refractivity contribution in [2.24, 2.45) is 0 Å². The van der Waals surface area contributed by atoms with Gasteiger partial charge in [0.15, 0.2) is 11.5 Å². The Hall–Kier alpha value is -4.11. The molecule has 1 N–H and O–H groups in total. The van der Waals surface area contributed by atoms with E-state index in [9.17, 15) is 14.4 Å². The van der Waals surface area contributed by atoms with E-state index in [0.29, 0.717) is 28.3 Å². The van der Waals surface area contributed by atoms with E-state index in [4.69, 9.17) is 9.47 Å². The van der Waals surface area contributed by atoms with Gasteiger partial charge in [-0.05, 0) is 66.1 Å². The highest BCUT2D eigenvalue weighted by Gasteiger charge is 2.11. The third kappa shape index (κ3) is 5.94. The molecule has 0 heterocycles. The van der Waals surface area contributed by atoms with Crippen LogP contribution in [0.3, 0.4) is 0 Å². The zero-order valence-corrected chi connectivity index (χ0v) is 17.2. The van der Waals surface area contributed by atoms with Gasteiger partial charge in [-0.15, -0.1) is 0 Å². The van der Waals surface area contributed by atoms with E-state index in [1.807, 2.05) is 31.2 Å². The highest BCUT2D eigenvalue weighted by molar-refractivity contribution is 6.09. The molecule has 0 fully saturated rings. The van der Waals surface area contributed by atoms with E-state index in [2.05, 4.69) is 5.32 Å². The number of carbonyl (C=O) groups is 1. The number of methoxy groups -OCH3 is 1. The van der Waals surface area contributed by atoms with Gasteiger partial charge in [0.25, 0.3) is 5.91 Å². The molecule has 0 radical (unpaired) electrons. The Labute approximate surface area is 180 Å². The summed E-state index contributed by atoms with van der Waals surface area (Å²) in [5.41, 5.74) is 2.86. The average Bonchev–Trinajstić information content (AvgIpc) is 2.76. The zero-order chi connectivity index (χ0) is 22.2. The average molecular weight is 416 g/mol. The fourth-order valence-electron chi connectivity index (χ4n) is 2.92. The summed E-state index contributed by atoms with van der Waals surface area (Å²) in [4.78, 5) is 12.5. The quantitative estimate of drug-likeness (QED) is 0.421. The maximum atomic E-state index is 13.3. The molecule has 0 aliphatic carbocycles. The van der Waals surface area contributed by atoms with Crippen LogP contribution in [0.25, 0.3) is 6.08 Å². The second kappa shape index (κ2) is 10.1. The van der Waals surface area contributed by atoms with Crippen molar-refractivity contribution >= 4 is 17.7 Å².